The molecular weight excluding hydrogens is 304 g/mol. The lowest BCUT2D eigenvalue weighted by Crippen LogP contribution is -2.11. The highest BCUT2D eigenvalue weighted by molar-refractivity contribution is 5.87. The van der Waals surface area contributed by atoms with Crippen LogP contribution in [0.2, 0.25) is 0 Å². The summed E-state index contributed by atoms with van der Waals surface area (Å²) < 4.78 is 50.4. The summed E-state index contributed by atoms with van der Waals surface area (Å²) in [7, 11) is 0. The van der Waals surface area contributed by atoms with Crippen LogP contribution in [0, 0.1) is 0 Å². The molecule has 23 heavy (non-hydrogen) atoms. The number of hydrogen-bond acceptors (Lipinski definition) is 0. The average Bonchev–Trinajstić information content (AvgIpc) is 2.53. The summed E-state index contributed by atoms with van der Waals surface area (Å²) in [6, 6.07) is 20.0. The molecule has 0 aliphatic carbocycles. The van der Waals surface area contributed by atoms with Crippen LogP contribution >= 0.6 is 0 Å². The zero-order valence-corrected chi connectivity index (χ0v) is 12.1. The monoisotopic (exact) mass is 318 g/mol. The Bertz CT molecular complexity index is 803. The second-order valence-electron chi connectivity index (χ2n) is 5.47. The van der Waals surface area contributed by atoms with Gasteiger partial charge < -0.3 is 0 Å². The van der Waals surface area contributed by atoms with Crippen molar-refractivity contribution in [1.29, 1.82) is 0 Å². The third kappa shape index (κ3) is 3.70. The van der Waals surface area contributed by atoms with Crippen molar-refractivity contribution in [3.05, 3.63) is 72.3 Å². The molecule has 0 heterocycles. The zero-order valence-electron chi connectivity index (χ0n) is 12.1. The molecule has 0 aliphatic heterocycles. The van der Waals surface area contributed by atoms with Crippen LogP contribution in [0.3, 0.4) is 0 Å². The Balaban J connectivity index is 1.86. The SMILES string of the molecule is FC(CC(F)(F)F)c1ccc(-c2ccc3ccccc3c2)cc1. The molecule has 0 spiro atoms. The lowest BCUT2D eigenvalue weighted by atomic mass is 9.99. The zero-order chi connectivity index (χ0) is 16.4. The summed E-state index contributed by atoms with van der Waals surface area (Å²) in [5.74, 6) is 0. The molecule has 3 aromatic rings. The van der Waals surface area contributed by atoms with Crippen molar-refractivity contribution in [1.82, 2.24) is 0 Å². The van der Waals surface area contributed by atoms with Crippen LogP contribution in [-0.2, 0) is 0 Å². The summed E-state index contributed by atoms with van der Waals surface area (Å²) in [5.41, 5.74) is 1.84. The van der Waals surface area contributed by atoms with Crippen molar-refractivity contribution in [3.8, 4) is 11.1 Å². The van der Waals surface area contributed by atoms with Crippen LogP contribution in [-0.4, -0.2) is 6.18 Å². The number of hydrogen-bond donors (Lipinski definition) is 0. The predicted octanol–water partition coefficient (Wildman–Crippen LogP) is 6.47. The molecule has 0 saturated carbocycles. The largest absolute Gasteiger partial charge is 0.392 e. The number of alkyl halides is 4. The minimum absolute atomic E-state index is 0.0480. The second-order valence-corrected chi connectivity index (χ2v) is 5.47. The molecule has 0 saturated heterocycles. The third-order valence-corrected chi connectivity index (χ3v) is 3.77. The van der Waals surface area contributed by atoms with E-state index in [1.807, 2.05) is 42.5 Å². The van der Waals surface area contributed by atoms with Gasteiger partial charge in [0.1, 0.15) is 6.17 Å². The Morgan fingerprint density at radius 2 is 1.35 bits per heavy atom. The fourth-order valence-electron chi connectivity index (χ4n) is 2.57. The molecule has 3 aromatic carbocycles. The lowest BCUT2D eigenvalue weighted by Gasteiger charge is -2.12. The van der Waals surface area contributed by atoms with Crippen LogP contribution in [0.4, 0.5) is 17.6 Å². The maximum absolute atomic E-state index is 13.7. The number of benzene rings is 3. The summed E-state index contributed by atoms with van der Waals surface area (Å²) in [5, 5.41) is 2.19. The molecule has 0 amide bonds. The number of rotatable bonds is 3. The molecule has 0 nitrogen and oxygen atoms in total. The Labute approximate surface area is 131 Å². The first-order valence-corrected chi connectivity index (χ1v) is 7.22. The van der Waals surface area contributed by atoms with Gasteiger partial charge in [0.15, 0.2) is 0 Å². The molecule has 3 rings (SSSR count). The standard InChI is InChI=1S/C19H14F4/c20-18(12-19(21,22)23)15-8-5-14(6-9-15)17-10-7-13-3-1-2-4-16(13)11-17/h1-11,18H,12H2. The van der Waals surface area contributed by atoms with Gasteiger partial charge in [-0.25, -0.2) is 4.39 Å². The predicted molar refractivity (Wildman–Crippen MR) is 83.9 cm³/mol. The smallest absolute Gasteiger partial charge is 0.242 e. The van der Waals surface area contributed by atoms with Crippen LogP contribution in [0.1, 0.15) is 18.2 Å². The van der Waals surface area contributed by atoms with E-state index in [0.717, 1.165) is 21.9 Å². The minimum Gasteiger partial charge on any atom is -0.242 e. The molecule has 0 bridgehead atoms. The van der Waals surface area contributed by atoms with Crippen molar-refractivity contribution in [2.24, 2.45) is 0 Å². The molecule has 118 valence electrons. The second kappa shape index (κ2) is 6.03. The summed E-state index contributed by atoms with van der Waals surface area (Å²) in [6.07, 6.45) is -7.99. The van der Waals surface area contributed by atoms with E-state index in [-0.39, 0.29) is 5.56 Å². The number of fused-ring (bicyclic) bond motifs is 1. The van der Waals surface area contributed by atoms with E-state index in [0.29, 0.717) is 0 Å². The van der Waals surface area contributed by atoms with Gasteiger partial charge >= 0.3 is 6.18 Å². The summed E-state index contributed by atoms with van der Waals surface area (Å²) in [4.78, 5) is 0. The summed E-state index contributed by atoms with van der Waals surface area (Å²) in [6.45, 7) is 0. The van der Waals surface area contributed by atoms with Crippen molar-refractivity contribution in [2.75, 3.05) is 0 Å². The quantitative estimate of drug-likeness (QED) is 0.485. The van der Waals surface area contributed by atoms with E-state index in [9.17, 15) is 17.6 Å². The first-order chi connectivity index (χ1) is 10.9. The normalized spacial score (nSPS) is 13.2. The first kappa shape index (κ1) is 15.5. The molecule has 1 atom stereocenters. The van der Waals surface area contributed by atoms with Gasteiger partial charge in [-0.1, -0.05) is 60.7 Å². The van der Waals surface area contributed by atoms with Gasteiger partial charge in [0.2, 0.25) is 0 Å². The molecule has 1 unspecified atom stereocenters. The number of halogens is 4. The van der Waals surface area contributed by atoms with E-state index >= 15 is 0 Å². The molecule has 0 aliphatic rings. The van der Waals surface area contributed by atoms with Crippen molar-refractivity contribution in [3.63, 3.8) is 0 Å². The highest BCUT2D eigenvalue weighted by Gasteiger charge is 2.32. The van der Waals surface area contributed by atoms with Crippen LogP contribution < -0.4 is 0 Å². The van der Waals surface area contributed by atoms with Gasteiger partial charge in [0, 0.05) is 0 Å². The maximum Gasteiger partial charge on any atom is 0.392 e. The molecule has 4 heteroatoms. The van der Waals surface area contributed by atoms with E-state index in [4.69, 9.17) is 0 Å². The average molecular weight is 318 g/mol. The molecule has 0 aromatic heterocycles. The molecule has 0 radical (unpaired) electrons. The van der Waals surface area contributed by atoms with Gasteiger partial charge in [-0.3, -0.25) is 0 Å². The van der Waals surface area contributed by atoms with Gasteiger partial charge in [0.25, 0.3) is 0 Å². The minimum atomic E-state index is -4.50. The van der Waals surface area contributed by atoms with Gasteiger partial charge in [-0.15, -0.1) is 0 Å². The van der Waals surface area contributed by atoms with Gasteiger partial charge in [0.05, 0.1) is 6.42 Å². The highest BCUT2D eigenvalue weighted by Crippen LogP contribution is 2.33. The lowest BCUT2D eigenvalue weighted by molar-refractivity contribution is -0.146. The fourth-order valence-corrected chi connectivity index (χ4v) is 2.57. The van der Waals surface area contributed by atoms with E-state index in [1.54, 1.807) is 12.1 Å². The Kier molecular flexibility index (Phi) is 4.07. The fraction of sp³-hybridized carbons (Fsp3) is 0.158. The van der Waals surface area contributed by atoms with Gasteiger partial charge in [-0.2, -0.15) is 13.2 Å². The van der Waals surface area contributed by atoms with Crippen molar-refractivity contribution < 1.29 is 17.6 Å². The van der Waals surface area contributed by atoms with Crippen molar-refractivity contribution in [2.45, 2.75) is 18.8 Å². The van der Waals surface area contributed by atoms with Crippen LogP contribution in [0.25, 0.3) is 21.9 Å². The molecule has 0 N–H and O–H groups in total. The Morgan fingerprint density at radius 1 is 0.739 bits per heavy atom. The molecule has 0 fully saturated rings. The maximum atomic E-state index is 13.7. The van der Waals surface area contributed by atoms with Crippen LogP contribution in [0.5, 0.6) is 0 Å². The van der Waals surface area contributed by atoms with E-state index in [2.05, 4.69) is 0 Å². The van der Waals surface area contributed by atoms with E-state index < -0.39 is 18.8 Å². The Hall–Kier alpha value is -2.36. The van der Waals surface area contributed by atoms with Crippen LogP contribution in [0.15, 0.2) is 66.7 Å². The van der Waals surface area contributed by atoms with Gasteiger partial charge in [-0.05, 0) is 33.5 Å². The summed E-state index contributed by atoms with van der Waals surface area (Å²) >= 11 is 0. The third-order valence-electron chi connectivity index (χ3n) is 3.77. The topological polar surface area (TPSA) is 0 Å². The molecular formula is C19H14F4. The Morgan fingerprint density at radius 3 is 2.00 bits per heavy atom. The van der Waals surface area contributed by atoms with E-state index in [1.165, 1.54) is 12.1 Å². The van der Waals surface area contributed by atoms with Crippen molar-refractivity contribution >= 4 is 10.8 Å². The highest BCUT2D eigenvalue weighted by atomic mass is 19.4. The first-order valence-electron chi connectivity index (χ1n) is 7.22.